The van der Waals surface area contributed by atoms with Crippen LogP contribution in [0, 0.1) is 0 Å². The number of nitrogens with zero attached hydrogens (tertiary/aromatic N) is 5. The fourth-order valence-electron chi connectivity index (χ4n) is 3.52. The summed E-state index contributed by atoms with van der Waals surface area (Å²) < 4.78 is 0. The molecule has 0 amide bonds. The van der Waals surface area contributed by atoms with E-state index in [1.54, 1.807) is 0 Å². The number of aromatic nitrogens is 1. The normalized spacial score (nSPS) is 15.0. The van der Waals surface area contributed by atoms with E-state index in [-0.39, 0.29) is 24.0 Å². The number of unbranched alkanes of at least 4 members (excludes halogenated alkanes) is 3. The molecule has 0 atom stereocenters. The van der Waals surface area contributed by atoms with E-state index in [1.165, 1.54) is 24.8 Å². The standard InChI is InChI=1S/C22H38N6.HI/c1-5-7-8-9-10-13-26(4)22(23-3)25-19-20-11-12-24-21(18-20)28-16-14-27(6-2)15-17-28;/h5,11-12,18H,1,6-10,13-17,19H2,2-4H3,(H,23,25);1H. The van der Waals surface area contributed by atoms with E-state index in [4.69, 9.17) is 0 Å². The molecule has 1 saturated heterocycles. The summed E-state index contributed by atoms with van der Waals surface area (Å²) in [4.78, 5) is 16.1. The van der Waals surface area contributed by atoms with E-state index in [1.807, 2.05) is 19.3 Å². The predicted octanol–water partition coefficient (Wildman–Crippen LogP) is 3.60. The second-order valence-electron chi connectivity index (χ2n) is 7.40. The number of aliphatic imine (C=N–C) groups is 1. The van der Waals surface area contributed by atoms with Crippen LogP contribution < -0.4 is 10.2 Å². The molecule has 1 aromatic rings. The van der Waals surface area contributed by atoms with Crippen LogP contribution >= 0.6 is 24.0 Å². The highest BCUT2D eigenvalue weighted by Crippen LogP contribution is 2.15. The zero-order valence-electron chi connectivity index (χ0n) is 18.4. The van der Waals surface area contributed by atoms with Crippen molar-refractivity contribution in [2.45, 2.75) is 39.2 Å². The van der Waals surface area contributed by atoms with Gasteiger partial charge in [0.25, 0.3) is 0 Å². The summed E-state index contributed by atoms with van der Waals surface area (Å²) in [6, 6.07) is 4.29. The Morgan fingerprint density at radius 3 is 2.69 bits per heavy atom. The van der Waals surface area contributed by atoms with Gasteiger partial charge in [-0.1, -0.05) is 19.4 Å². The molecule has 1 aliphatic rings. The molecule has 0 spiro atoms. The molecule has 6 nitrogen and oxygen atoms in total. The van der Waals surface area contributed by atoms with Gasteiger partial charge < -0.3 is 20.0 Å². The van der Waals surface area contributed by atoms with E-state index in [9.17, 15) is 0 Å². The topological polar surface area (TPSA) is 47.0 Å². The number of hydrogen-bond acceptors (Lipinski definition) is 4. The number of anilines is 1. The molecule has 29 heavy (non-hydrogen) atoms. The van der Waals surface area contributed by atoms with Gasteiger partial charge in [-0.3, -0.25) is 4.99 Å². The zero-order chi connectivity index (χ0) is 20.2. The van der Waals surface area contributed by atoms with Crippen LogP contribution in [-0.2, 0) is 6.54 Å². The van der Waals surface area contributed by atoms with Crippen molar-refractivity contribution >= 4 is 35.8 Å². The quantitative estimate of drug-likeness (QED) is 0.170. The second kappa shape index (κ2) is 14.6. The van der Waals surface area contributed by atoms with E-state index in [0.717, 1.165) is 64.0 Å². The molecule has 1 aromatic heterocycles. The van der Waals surface area contributed by atoms with Crippen molar-refractivity contribution in [2.75, 3.05) is 58.3 Å². The van der Waals surface area contributed by atoms with Gasteiger partial charge in [0.15, 0.2) is 5.96 Å². The maximum atomic E-state index is 4.59. The Labute approximate surface area is 194 Å². The van der Waals surface area contributed by atoms with E-state index >= 15 is 0 Å². The number of guanidine groups is 1. The number of pyridine rings is 1. The molecule has 0 aromatic carbocycles. The van der Waals surface area contributed by atoms with Crippen molar-refractivity contribution in [2.24, 2.45) is 4.99 Å². The number of nitrogens with one attached hydrogen (secondary N) is 1. The highest BCUT2D eigenvalue weighted by Gasteiger charge is 2.17. The van der Waals surface area contributed by atoms with Crippen molar-refractivity contribution in [1.82, 2.24) is 20.1 Å². The Morgan fingerprint density at radius 2 is 2.03 bits per heavy atom. The Kier molecular flexibility index (Phi) is 12.9. The summed E-state index contributed by atoms with van der Waals surface area (Å²) in [5, 5.41) is 3.49. The Bertz CT molecular complexity index is 613. The second-order valence-corrected chi connectivity index (χ2v) is 7.40. The van der Waals surface area contributed by atoms with Crippen molar-refractivity contribution in [3.8, 4) is 0 Å². The minimum absolute atomic E-state index is 0. The van der Waals surface area contributed by atoms with Crippen molar-refractivity contribution in [1.29, 1.82) is 0 Å². The fourth-order valence-corrected chi connectivity index (χ4v) is 3.52. The molecule has 0 bridgehead atoms. The van der Waals surface area contributed by atoms with E-state index < -0.39 is 0 Å². The zero-order valence-corrected chi connectivity index (χ0v) is 20.8. The molecule has 1 N–H and O–H groups in total. The van der Waals surface area contributed by atoms with Gasteiger partial charge in [0, 0.05) is 59.6 Å². The molecule has 164 valence electrons. The van der Waals surface area contributed by atoms with Gasteiger partial charge in [0.1, 0.15) is 5.82 Å². The van der Waals surface area contributed by atoms with E-state index in [2.05, 4.69) is 62.7 Å². The minimum atomic E-state index is 0. The van der Waals surface area contributed by atoms with Crippen molar-refractivity contribution < 1.29 is 0 Å². The first-order valence-corrected chi connectivity index (χ1v) is 10.6. The third kappa shape index (κ3) is 8.90. The Hall–Kier alpha value is -1.35. The average Bonchev–Trinajstić information content (AvgIpc) is 2.74. The smallest absolute Gasteiger partial charge is 0.193 e. The monoisotopic (exact) mass is 514 g/mol. The lowest BCUT2D eigenvalue weighted by Crippen LogP contribution is -2.46. The first-order chi connectivity index (χ1) is 13.7. The van der Waals surface area contributed by atoms with Gasteiger partial charge in [-0.15, -0.1) is 30.6 Å². The lowest BCUT2D eigenvalue weighted by molar-refractivity contribution is 0.270. The molecule has 0 radical (unpaired) electrons. The molecule has 1 aliphatic heterocycles. The molecule has 2 rings (SSSR count). The van der Waals surface area contributed by atoms with Crippen molar-refractivity contribution in [3.63, 3.8) is 0 Å². The van der Waals surface area contributed by atoms with Gasteiger partial charge in [0.05, 0.1) is 0 Å². The summed E-state index contributed by atoms with van der Waals surface area (Å²) in [6.07, 6.45) is 8.65. The highest BCUT2D eigenvalue weighted by atomic mass is 127. The van der Waals surface area contributed by atoms with Crippen molar-refractivity contribution in [3.05, 3.63) is 36.5 Å². The Morgan fingerprint density at radius 1 is 1.28 bits per heavy atom. The van der Waals surface area contributed by atoms with Crippen LogP contribution in [0.25, 0.3) is 0 Å². The summed E-state index contributed by atoms with van der Waals surface area (Å²) in [6.45, 7) is 13.2. The lowest BCUT2D eigenvalue weighted by Gasteiger charge is -2.34. The third-order valence-corrected chi connectivity index (χ3v) is 5.38. The number of halogens is 1. The number of likely N-dealkylation sites (N-methyl/N-ethyl adjacent to an activating group) is 1. The van der Waals surface area contributed by atoms with Crippen LogP contribution in [-0.4, -0.2) is 74.1 Å². The first kappa shape index (κ1) is 25.7. The molecule has 0 aliphatic carbocycles. The largest absolute Gasteiger partial charge is 0.354 e. The number of piperazine rings is 1. The Balaban J connectivity index is 0.00000420. The third-order valence-electron chi connectivity index (χ3n) is 5.38. The number of rotatable bonds is 10. The molecular formula is C22H39IN6. The van der Waals surface area contributed by atoms with Gasteiger partial charge in [0.2, 0.25) is 0 Å². The molecule has 1 fully saturated rings. The van der Waals surface area contributed by atoms with Gasteiger partial charge >= 0.3 is 0 Å². The summed E-state index contributed by atoms with van der Waals surface area (Å²) in [7, 11) is 3.95. The molecule has 2 heterocycles. The average molecular weight is 515 g/mol. The van der Waals surface area contributed by atoms with Crippen LogP contribution in [0.2, 0.25) is 0 Å². The van der Waals surface area contributed by atoms with Crippen LogP contribution in [0.5, 0.6) is 0 Å². The highest BCUT2D eigenvalue weighted by molar-refractivity contribution is 14.0. The molecular weight excluding hydrogens is 475 g/mol. The molecule has 7 heteroatoms. The van der Waals surface area contributed by atoms with Crippen LogP contribution in [0.15, 0.2) is 36.0 Å². The molecule has 0 unspecified atom stereocenters. The van der Waals surface area contributed by atoms with Gasteiger partial charge in [-0.05, 0) is 43.5 Å². The van der Waals surface area contributed by atoms with Crippen LogP contribution in [0.4, 0.5) is 5.82 Å². The summed E-state index contributed by atoms with van der Waals surface area (Å²) in [5.41, 5.74) is 1.24. The van der Waals surface area contributed by atoms with Crippen LogP contribution in [0.3, 0.4) is 0 Å². The SMILES string of the molecule is C=CCCCCCN(C)C(=NC)NCc1ccnc(N2CCN(CC)CC2)c1.I. The fraction of sp³-hybridized carbons (Fsp3) is 0.636. The van der Waals surface area contributed by atoms with Gasteiger partial charge in [-0.2, -0.15) is 0 Å². The minimum Gasteiger partial charge on any atom is -0.354 e. The lowest BCUT2D eigenvalue weighted by atomic mass is 10.2. The first-order valence-electron chi connectivity index (χ1n) is 10.6. The predicted molar refractivity (Wildman–Crippen MR) is 135 cm³/mol. The maximum absolute atomic E-state index is 4.59. The van der Waals surface area contributed by atoms with E-state index in [0.29, 0.717) is 0 Å². The maximum Gasteiger partial charge on any atom is 0.193 e. The summed E-state index contributed by atoms with van der Waals surface area (Å²) in [5.74, 6) is 2.03. The van der Waals surface area contributed by atoms with Gasteiger partial charge in [-0.25, -0.2) is 4.98 Å². The number of allylic oxidation sites excluding steroid dienone is 1. The molecule has 0 saturated carbocycles. The van der Waals surface area contributed by atoms with Crippen LogP contribution in [0.1, 0.15) is 38.2 Å². The summed E-state index contributed by atoms with van der Waals surface area (Å²) >= 11 is 0. The number of hydrogen-bond donors (Lipinski definition) is 1.